The Morgan fingerprint density at radius 1 is 0.570 bits per heavy atom. The minimum atomic E-state index is -4.37. The number of rotatable bonds is 22. The molecule has 0 radical (unpaired) electrons. The number of allylic oxidation sites excluding steroid dienone is 11. The number of H-pyrrole nitrogens is 1. The van der Waals surface area contributed by atoms with Crippen LogP contribution in [-0.2, 0) is 74.8 Å². The number of aromatic amines is 1. The standard InChI is InChI=1S/C24H18N2O2S.C23H20N4O8S2.C16H18N2O5S3.C16H16N2O2S.C13H14N2O2S4.K/c1-2-26-20-14-12-16-8-6-7-11-18(16)23(20)29-21(26)15-13-19-22(25-28-24(19)27)17-9-4-3-5-10-17;1-14-20(22(28)26(24-14)16-6-10-18(11-7-16)36(30,31)32)4-3-5-21-15(2)25-27(23(21)29)17-8-12-19(13-9-17)37(33,34)35;1-4-17-9(3)13(15(22)23-5-2)26-11(17)7-6-10-14(21)18(8-12(19)20)16(24)25-10;1-2-18-10-11-21-14(18)9-8-13-15(17-20-16(13)19)12-6-4-3-5-7-12;1-3-14-10(16)8(20-12(14)18)6-5-7-9-11(17)15(4-2)13(19)21-9;/h3-15H,2H2,1H3;3-13,24H,1-2H3,(H,30,31,32)(H,33,34,35);6-7H,4-5,8H2,1-3H3,(H,19,20);3-9H,2,10-11H2,1H3;5-7,16H,3-4H2,1-2H3;/q;;;;;+1/p-1/b19-13-,21-15-;4-3+,21-5-;10-6+,11-7-;13-8-,14-9-;6-5+,9-7+;. The Balaban J connectivity index is 0.000000165. The van der Waals surface area contributed by atoms with Crippen LogP contribution in [0.25, 0.3) is 28.6 Å². The van der Waals surface area contributed by atoms with Crippen LogP contribution in [0.3, 0.4) is 0 Å². The maximum atomic E-state index is 12.9. The van der Waals surface area contributed by atoms with Crippen LogP contribution in [0.5, 0.6) is 5.88 Å². The Kier molecular flexibility index (Phi) is 36.9. The second-order valence-electron chi connectivity index (χ2n) is 28.7. The van der Waals surface area contributed by atoms with Crippen molar-refractivity contribution >= 4 is 229 Å². The molecule has 16 rings (SSSR count). The average Bonchev–Trinajstić information content (AvgIpc) is 1.62. The number of likely N-dealkylation sites (N-methyl/N-ethyl adjacent to an activating group) is 1. The van der Waals surface area contributed by atoms with Gasteiger partial charge in [0.05, 0.1) is 104 Å². The minimum absolute atomic E-state index is 0. The third kappa shape index (κ3) is 25.1. The summed E-state index contributed by atoms with van der Waals surface area (Å²) in [6.07, 6.45) is 20.6. The van der Waals surface area contributed by atoms with Crippen LogP contribution in [0.4, 0.5) is 11.4 Å². The molecule has 3 saturated heterocycles. The van der Waals surface area contributed by atoms with E-state index in [0.29, 0.717) is 105 Å². The van der Waals surface area contributed by atoms with E-state index in [2.05, 4.69) is 80.6 Å². The number of aromatic hydroxyl groups is 1. The number of aryl methyl sites for hydroxylation is 1. The van der Waals surface area contributed by atoms with Gasteiger partial charge >= 0.3 is 69.3 Å². The van der Waals surface area contributed by atoms with Gasteiger partial charge in [0.25, 0.3) is 43.5 Å². The number of oxime groups is 2. The Labute approximate surface area is 861 Å². The summed E-state index contributed by atoms with van der Waals surface area (Å²) in [5, 5.41) is 42.3. The number of hydrogen-bond donors (Lipinski definition) is 4. The number of aliphatic carboxylic acids is 1. The van der Waals surface area contributed by atoms with Crippen molar-refractivity contribution < 1.29 is 136 Å². The van der Waals surface area contributed by atoms with Gasteiger partial charge in [0.15, 0.2) is 3.95 Å². The van der Waals surface area contributed by atoms with Crippen LogP contribution in [0.2, 0.25) is 0 Å². The van der Waals surface area contributed by atoms with Gasteiger partial charge < -0.3 is 44.1 Å². The molecule has 0 bridgehead atoms. The second kappa shape index (κ2) is 47.5. The number of carboxylic acids is 1. The number of esters is 1. The molecule has 3 amide bonds. The molecule has 4 N–H and O–H groups in total. The van der Waals surface area contributed by atoms with Gasteiger partial charge in [0.2, 0.25) is 5.88 Å². The number of hydrazone groups is 1. The fourth-order valence-corrected chi connectivity index (χ4v) is 22.0. The van der Waals surface area contributed by atoms with Gasteiger partial charge in [-0.3, -0.25) is 47.7 Å². The molecule has 0 atom stereocenters. The monoisotopic (exact) mass is 2050 g/mol. The van der Waals surface area contributed by atoms with Crippen LogP contribution in [0, 0.1) is 10.9 Å². The van der Waals surface area contributed by atoms with Crippen LogP contribution in [-0.4, -0.2) is 184 Å². The maximum absolute atomic E-state index is 12.9. The van der Waals surface area contributed by atoms with Crippen molar-refractivity contribution in [2.75, 3.05) is 61.5 Å². The first kappa shape index (κ1) is 105. The van der Waals surface area contributed by atoms with Crippen molar-refractivity contribution in [1.82, 2.24) is 33.9 Å². The molecule has 694 valence electrons. The van der Waals surface area contributed by atoms with E-state index in [4.69, 9.17) is 60.2 Å². The molecular formula is C92H85KN12O19S11. The summed E-state index contributed by atoms with van der Waals surface area (Å²) in [7, 11) is -8.74. The number of benzene rings is 6. The minimum Gasteiger partial charge on any atom is -0.548 e. The van der Waals surface area contributed by atoms with Gasteiger partial charge in [-0.1, -0.05) is 185 Å². The van der Waals surface area contributed by atoms with Crippen molar-refractivity contribution in [3.8, 4) is 11.6 Å². The van der Waals surface area contributed by atoms with Gasteiger partial charge in [-0.25, -0.2) is 19.1 Å². The molecule has 0 unspecified atom stereocenters. The van der Waals surface area contributed by atoms with E-state index < -0.39 is 62.1 Å². The average molecular weight is 2050 g/mol. The van der Waals surface area contributed by atoms with E-state index in [9.17, 15) is 65.4 Å². The summed E-state index contributed by atoms with van der Waals surface area (Å²) in [6.45, 7) is 21.4. The van der Waals surface area contributed by atoms with Crippen LogP contribution in [0.15, 0.2) is 293 Å². The molecule has 6 aromatic carbocycles. The number of aromatic nitrogens is 3. The van der Waals surface area contributed by atoms with Crippen LogP contribution < -0.4 is 72.0 Å². The van der Waals surface area contributed by atoms with Crippen LogP contribution >= 0.6 is 107 Å². The zero-order valence-corrected chi connectivity index (χ0v) is 86.0. The summed E-state index contributed by atoms with van der Waals surface area (Å²) in [5.74, 6) is -2.32. The molecule has 8 aliphatic heterocycles. The Bertz CT molecular complexity index is 6910. The Hall–Kier alpha value is -10.5. The van der Waals surface area contributed by atoms with E-state index in [0.717, 1.165) is 86.1 Å². The molecule has 8 aliphatic rings. The summed E-state index contributed by atoms with van der Waals surface area (Å²) >= 11 is 23.8. The topological polar surface area (TPSA) is 398 Å². The number of carbonyl (C=O) groups excluding carboxylic acids is 7. The molecule has 8 aromatic rings. The number of hydrogen-bond acceptors (Lipinski definition) is 32. The van der Waals surface area contributed by atoms with E-state index in [1.165, 1.54) is 121 Å². The second-order valence-corrected chi connectivity index (χ2v) is 39.7. The third-order valence-electron chi connectivity index (χ3n) is 20.4. The van der Waals surface area contributed by atoms with Gasteiger partial charge in [0.1, 0.15) is 25.0 Å². The SMILES string of the molecule is CC1=NN(c2ccc(S(=O)(=O)O)cc2)C(=O)/C1=C\C=C\c1c(C)[nH]n(-c2ccc(S(=O)(=O)O)cc2)c1=O.CCN1/C(=C/C=C2\C(=O)ON=C2c2ccccc2)Sc2c1ccc1ccccc21.CCN1C(=O)/C(=C\C=C\c2sc(=S)n(CC)c2O)SC1=S.CCN1CCS/C1=C\C=C1/C(=O)ON=C1c1ccccc1.CCOC(=O)C1=C(C)N(CC)/C(=C/C=C2/SC(=S)N(CC(=O)[O-])C2=O)S1.[K+]. The number of thioether (sulfide) groups is 5. The molecule has 2 aromatic heterocycles. The number of nitrogens with one attached hydrogen (secondary N) is 1. The van der Waals surface area contributed by atoms with E-state index in [1.807, 2.05) is 129 Å². The van der Waals surface area contributed by atoms with Crippen LogP contribution in [0.1, 0.15) is 82.7 Å². The molecule has 0 saturated carbocycles. The van der Waals surface area contributed by atoms with Crippen molar-refractivity contribution in [3.63, 3.8) is 0 Å². The third-order valence-corrected chi connectivity index (χ3v) is 29.8. The number of ether oxygens (including phenoxy) is 1. The van der Waals surface area contributed by atoms with Crippen molar-refractivity contribution in [3.05, 3.63) is 300 Å². The molecular weight excluding hydrogens is 1970 g/mol. The predicted molar refractivity (Wildman–Crippen MR) is 535 cm³/mol. The number of carbonyl (C=O) groups is 7. The number of thiocarbonyl (C=S) groups is 2. The first-order valence-corrected chi connectivity index (χ1v) is 50.3. The first-order chi connectivity index (χ1) is 64.1. The molecule has 31 nitrogen and oxygen atoms in total. The molecule has 3 fully saturated rings. The normalized spacial score (nSPS) is 18.4. The zero-order valence-electron chi connectivity index (χ0n) is 73.9. The summed E-state index contributed by atoms with van der Waals surface area (Å²) in [6, 6.07) is 42.0. The number of anilines is 2. The van der Waals surface area contributed by atoms with Crippen molar-refractivity contribution in [2.24, 2.45) is 15.4 Å². The maximum Gasteiger partial charge on any atom is 1.00 e. The fourth-order valence-electron chi connectivity index (χ4n) is 13.7. The van der Waals surface area contributed by atoms with Gasteiger partial charge in [-0.15, -0.1) is 23.1 Å². The number of fused-ring (bicyclic) bond motifs is 3. The van der Waals surface area contributed by atoms with E-state index in [-0.39, 0.29) is 88.8 Å². The number of amides is 3. The van der Waals surface area contributed by atoms with E-state index >= 15 is 0 Å². The molecule has 135 heavy (non-hydrogen) atoms. The number of thiazole rings is 1. The van der Waals surface area contributed by atoms with Crippen molar-refractivity contribution in [2.45, 2.75) is 83.5 Å². The van der Waals surface area contributed by atoms with E-state index in [1.54, 1.807) is 72.4 Å². The molecule has 10 heterocycles. The molecule has 0 aliphatic carbocycles. The first-order valence-electron chi connectivity index (χ1n) is 41.1. The number of nitrogens with zero attached hydrogens (tertiary/aromatic N) is 11. The van der Waals surface area contributed by atoms with Gasteiger partial charge in [-0.2, -0.15) is 26.9 Å². The largest absolute Gasteiger partial charge is 1.00 e. The van der Waals surface area contributed by atoms with Crippen molar-refractivity contribution in [1.29, 1.82) is 0 Å². The Morgan fingerprint density at radius 2 is 1.10 bits per heavy atom. The van der Waals surface area contributed by atoms with Gasteiger partial charge in [0, 0.05) is 72.4 Å². The summed E-state index contributed by atoms with van der Waals surface area (Å²) in [4.78, 5) is 118. The smallest absolute Gasteiger partial charge is 0.548 e. The number of carboxylic acid groups (broad SMARTS) is 1. The van der Waals surface area contributed by atoms with Gasteiger partial charge in [-0.05, 0) is 201 Å². The summed E-state index contributed by atoms with van der Waals surface area (Å²) in [5.41, 5.74) is 7.60. The molecule has 43 heteroatoms. The quantitative estimate of drug-likeness (QED) is 0.0122. The fraction of sp³-hybridized carbons (Fsp3) is 0.196. The molecule has 0 spiro atoms. The zero-order chi connectivity index (χ0) is 96.6. The predicted octanol–water partition coefficient (Wildman–Crippen LogP) is 12.6. The summed E-state index contributed by atoms with van der Waals surface area (Å²) < 4.78 is 72.5. The Morgan fingerprint density at radius 3 is 1.65 bits per heavy atom.